The molecule has 5 heteroatoms. The van der Waals surface area contributed by atoms with Crippen molar-refractivity contribution >= 4 is 29.2 Å². The number of carbonyl (C=O) groups is 2. The first-order valence-electron chi connectivity index (χ1n) is 6.35. The van der Waals surface area contributed by atoms with E-state index in [4.69, 9.17) is 16.7 Å². The summed E-state index contributed by atoms with van der Waals surface area (Å²) in [5.74, 6) is -1.38. The second-order valence-electron chi connectivity index (χ2n) is 4.62. The minimum absolute atomic E-state index is 0.0718. The van der Waals surface area contributed by atoms with Gasteiger partial charge in [-0.25, -0.2) is 4.79 Å². The van der Waals surface area contributed by atoms with Gasteiger partial charge in [-0.15, -0.1) is 0 Å². The van der Waals surface area contributed by atoms with E-state index in [1.807, 2.05) is 0 Å². The molecule has 2 aromatic rings. The fraction of sp³-hybridized carbons (Fsp3) is 0.125. The molecular weight excluding hydrogens is 290 g/mol. The highest BCUT2D eigenvalue weighted by atomic mass is 35.5. The normalized spacial score (nSPS) is 10.2. The molecule has 0 atom stereocenters. The maximum Gasteiger partial charge on any atom is 0.337 e. The Bertz CT molecular complexity index is 698. The monoisotopic (exact) mass is 303 g/mol. The summed E-state index contributed by atoms with van der Waals surface area (Å²) in [6, 6.07) is 11.9. The van der Waals surface area contributed by atoms with E-state index in [1.54, 1.807) is 43.3 Å². The van der Waals surface area contributed by atoms with Gasteiger partial charge in [0.15, 0.2) is 0 Å². The second-order valence-corrected chi connectivity index (χ2v) is 5.03. The Morgan fingerprint density at radius 1 is 1.14 bits per heavy atom. The lowest BCUT2D eigenvalue weighted by Gasteiger charge is -2.12. The first-order valence-corrected chi connectivity index (χ1v) is 6.73. The van der Waals surface area contributed by atoms with Gasteiger partial charge in [-0.3, -0.25) is 4.79 Å². The van der Waals surface area contributed by atoms with Crippen LogP contribution in [0.15, 0.2) is 42.5 Å². The SMILES string of the molecule is Cc1cccc(C(=O)O)c1NC(=O)Cc1ccccc1Cl. The summed E-state index contributed by atoms with van der Waals surface area (Å²) < 4.78 is 0. The first kappa shape index (κ1) is 15.1. The third-order valence-corrected chi connectivity index (χ3v) is 3.45. The quantitative estimate of drug-likeness (QED) is 0.908. The molecule has 0 spiro atoms. The lowest BCUT2D eigenvalue weighted by atomic mass is 10.1. The van der Waals surface area contributed by atoms with Crippen molar-refractivity contribution in [2.24, 2.45) is 0 Å². The zero-order valence-electron chi connectivity index (χ0n) is 11.4. The Hall–Kier alpha value is -2.33. The predicted molar refractivity (Wildman–Crippen MR) is 81.9 cm³/mol. The van der Waals surface area contributed by atoms with Gasteiger partial charge < -0.3 is 10.4 Å². The van der Waals surface area contributed by atoms with E-state index in [0.29, 0.717) is 21.8 Å². The number of benzene rings is 2. The van der Waals surface area contributed by atoms with Crippen molar-refractivity contribution in [2.45, 2.75) is 13.3 Å². The highest BCUT2D eigenvalue weighted by molar-refractivity contribution is 6.31. The van der Waals surface area contributed by atoms with Crippen LogP contribution in [-0.4, -0.2) is 17.0 Å². The fourth-order valence-electron chi connectivity index (χ4n) is 2.01. The molecule has 2 N–H and O–H groups in total. The summed E-state index contributed by atoms with van der Waals surface area (Å²) >= 11 is 6.01. The summed E-state index contributed by atoms with van der Waals surface area (Å²) in [6.07, 6.45) is 0.0903. The predicted octanol–water partition coefficient (Wildman–Crippen LogP) is 3.53. The topological polar surface area (TPSA) is 66.4 Å². The van der Waals surface area contributed by atoms with E-state index >= 15 is 0 Å². The molecule has 108 valence electrons. The van der Waals surface area contributed by atoms with E-state index in [0.717, 1.165) is 0 Å². The number of para-hydroxylation sites is 1. The second kappa shape index (κ2) is 6.41. The highest BCUT2D eigenvalue weighted by Crippen LogP contribution is 2.22. The van der Waals surface area contributed by atoms with Gasteiger partial charge in [0.1, 0.15) is 0 Å². The van der Waals surface area contributed by atoms with Crippen LogP contribution in [0.4, 0.5) is 5.69 Å². The van der Waals surface area contributed by atoms with Gasteiger partial charge in [0.25, 0.3) is 0 Å². The van der Waals surface area contributed by atoms with Crippen LogP contribution in [0.5, 0.6) is 0 Å². The molecule has 0 aliphatic heterocycles. The van der Waals surface area contributed by atoms with Crippen molar-refractivity contribution in [1.82, 2.24) is 0 Å². The largest absolute Gasteiger partial charge is 0.478 e. The van der Waals surface area contributed by atoms with E-state index in [1.165, 1.54) is 6.07 Å². The Morgan fingerprint density at radius 2 is 1.86 bits per heavy atom. The summed E-state index contributed by atoms with van der Waals surface area (Å²) in [5.41, 5.74) is 1.79. The zero-order chi connectivity index (χ0) is 15.4. The highest BCUT2D eigenvalue weighted by Gasteiger charge is 2.15. The van der Waals surface area contributed by atoms with Crippen LogP contribution in [0.3, 0.4) is 0 Å². The number of carboxylic acid groups (broad SMARTS) is 1. The maximum atomic E-state index is 12.1. The number of carbonyl (C=O) groups excluding carboxylic acids is 1. The minimum atomic E-state index is -1.08. The van der Waals surface area contributed by atoms with Crippen molar-refractivity contribution in [2.75, 3.05) is 5.32 Å². The number of aromatic carboxylic acids is 1. The minimum Gasteiger partial charge on any atom is -0.478 e. The summed E-state index contributed by atoms with van der Waals surface area (Å²) in [6.45, 7) is 1.75. The Kier molecular flexibility index (Phi) is 4.60. The number of nitrogens with one attached hydrogen (secondary N) is 1. The molecule has 2 aromatic carbocycles. The molecule has 2 rings (SSSR count). The zero-order valence-corrected chi connectivity index (χ0v) is 12.1. The summed E-state index contributed by atoms with van der Waals surface area (Å²) in [5, 5.41) is 12.3. The van der Waals surface area contributed by atoms with Crippen LogP contribution >= 0.6 is 11.6 Å². The van der Waals surface area contributed by atoms with E-state index in [-0.39, 0.29) is 17.9 Å². The number of aryl methyl sites for hydroxylation is 1. The van der Waals surface area contributed by atoms with E-state index < -0.39 is 5.97 Å². The van der Waals surface area contributed by atoms with Gasteiger partial charge in [-0.1, -0.05) is 41.9 Å². The van der Waals surface area contributed by atoms with E-state index in [9.17, 15) is 9.59 Å². The van der Waals surface area contributed by atoms with Crippen LogP contribution < -0.4 is 5.32 Å². The lowest BCUT2D eigenvalue weighted by Crippen LogP contribution is -2.18. The number of rotatable bonds is 4. The van der Waals surface area contributed by atoms with E-state index in [2.05, 4.69) is 5.32 Å². The standard InChI is InChI=1S/C16H14ClNO3/c1-10-5-4-7-12(16(20)21)15(10)18-14(19)9-11-6-2-3-8-13(11)17/h2-8H,9H2,1H3,(H,18,19)(H,20,21). The number of carboxylic acids is 1. The van der Waals surface area contributed by atoms with Gasteiger partial charge in [-0.05, 0) is 30.2 Å². The van der Waals surface area contributed by atoms with Gasteiger partial charge in [0.2, 0.25) is 5.91 Å². The van der Waals surface area contributed by atoms with Crippen molar-refractivity contribution in [3.63, 3.8) is 0 Å². The lowest BCUT2D eigenvalue weighted by molar-refractivity contribution is -0.115. The van der Waals surface area contributed by atoms with Crippen LogP contribution in [0, 0.1) is 6.92 Å². The smallest absolute Gasteiger partial charge is 0.337 e. The average Bonchev–Trinajstić information content (AvgIpc) is 2.43. The average molecular weight is 304 g/mol. The van der Waals surface area contributed by atoms with Crippen LogP contribution in [-0.2, 0) is 11.2 Å². The third kappa shape index (κ3) is 3.61. The van der Waals surface area contributed by atoms with Gasteiger partial charge in [-0.2, -0.15) is 0 Å². The van der Waals surface area contributed by atoms with Crippen molar-refractivity contribution in [3.8, 4) is 0 Å². The number of hydrogen-bond acceptors (Lipinski definition) is 2. The third-order valence-electron chi connectivity index (χ3n) is 3.08. The summed E-state index contributed by atoms with van der Waals surface area (Å²) in [4.78, 5) is 23.3. The van der Waals surface area contributed by atoms with Crippen molar-refractivity contribution < 1.29 is 14.7 Å². The molecule has 0 radical (unpaired) electrons. The molecule has 0 heterocycles. The molecule has 0 bridgehead atoms. The van der Waals surface area contributed by atoms with Gasteiger partial charge in [0, 0.05) is 5.02 Å². The van der Waals surface area contributed by atoms with Crippen LogP contribution in [0.1, 0.15) is 21.5 Å². The molecule has 0 saturated carbocycles. The molecular formula is C16H14ClNO3. The van der Waals surface area contributed by atoms with Gasteiger partial charge in [0.05, 0.1) is 17.7 Å². The number of anilines is 1. The van der Waals surface area contributed by atoms with Gasteiger partial charge >= 0.3 is 5.97 Å². The van der Waals surface area contributed by atoms with Crippen molar-refractivity contribution in [1.29, 1.82) is 0 Å². The van der Waals surface area contributed by atoms with Crippen LogP contribution in [0.2, 0.25) is 5.02 Å². The molecule has 0 saturated heterocycles. The molecule has 21 heavy (non-hydrogen) atoms. The molecule has 4 nitrogen and oxygen atoms in total. The fourth-order valence-corrected chi connectivity index (χ4v) is 2.21. The Balaban J connectivity index is 2.21. The molecule has 0 fully saturated rings. The maximum absolute atomic E-state index is 12.1. The number of halogens is 1. The number of amides is 1. The number of hydrogen-bond donors (Lipinski definition) is 2. The summed E-state index contributed by atoms with van der Waals surface area (Å²) in [7, 11) is 0. The molecule has 0 aliphatic rings. The molecule has 0 unspecified atom stereocenters. The molecule has 1 amide bonds. The Morgan fingerprint density at radius 3 is 2.52 bits per heavy atom. The molecule has 0 aliphatic carbocycles. The van der Waals surface area contributed by atoms with Crippen molar-refractivity contribution in [3.05, 3.63) is 64.2 Å². The Labute approximate surface area is 127 Å². The molecule has 0 aromatic heterocycles. The van der Waals surface area contributed by atoms with Crippen LogP contribution in [0.25, 0.3) is 0 Å². The first-order chi connectivity index (χ1) is 9.99.